The number of amides is 1. The van der Waals surface area contributed by atoms with Gasteiger partial charge in [0.25, 0.3) is 5.91 Å². The predicted octanol–water partition coefficient (Wildman–Crippen LogP) is 4.67. The molecule has 0 N–H and O–H groups in total. The molecule has 2 aromatic carbocycles. The summed E-state index contributed by atoms with van der Waals surface area (Å²) in [5, 5.41) is 5.75. The van der Waals surface area contributed by atoms with E-state index in [4.69, 9.17) is 9.84 Å². The van der Waals surface area contributed by atoms with E-state index in [1.165, 1.54) is 16.9 Å². The number of methoxy groups -OCH3 is 1. The first-order valence-electron chi connectivity index (χ1n) is 10.8. The van der Waals surface area contributed by atoms with E-state index in [1.54, 1.807) is 7.11 Å². The van der Waals surface area contributed by atoms with Gasteiger partial charge >= 0.3 is 0 Å². The number of carbonyl (C=O) groups is 1. The van der Waals surface area contributed by atoms with Gasteiger partial charge in [0.15, 0.2) is 0 Å². The highest BCUT2D eigenvalue weighted by molar-refractivity contribution is 7.20. The summed E-state index contributed by atoms with van der Waals surface area (Å²) in [6, 6.07) is 18.3. The highest BCUT2D eigenvalue weighted by atomic mass is 32.1. The largest absolute Gasteiger partial charge is 0.495 e. The molecule has 0 spiro atoms. The van der Waals surface area contributed by atoms with Crippen molar-refractivity contribution in [2.24, 2.45) is 0 Å². The minimum atomic E-state index is 0.0979. The smallest absolute Gasteiger partial charge is 0.264 e. The number of carbonyl (C=O) groups excluding carboxylic acids is 1. The van der Waals surface area contributed by atoms with Crippen LogP contribution in [0.4, 0.5) is 5.69 Å². The second-order valence-corrected chi connectivity index (χ2v) is 9.14. The fraction of sp³-hybridized carbons (Fsp3) is 0.280. The number of benzene rings is 2. The van der Waals surface area contributed by atoms with Gasteiger partial charge in [0.2, 0.25) is 0 Å². The van der Waals surface area contributed by atoms with E-state index in [9.17, 15) is 4.79 Å². The molecular weight excluding hydrogens is 420 g/mol. The Bertz CT molecular complexity index is 1270. The summed E-state index contributed by atoms with van der Waals surface area (Å²) < 4.78 is 7.45. The van der Waals surface area contributed by atoms with Crippen LogP contribution in [0.5, 0.6) is 5.75 Å². The molecule has 32 heavy (non-hydrogen) atoms. The molecule has 0 aliphatic carbocycles. The fourth-order valence-corrected chi connectivity index (χ4v) is 5.36. The number of aryl methyl sites for hydroxylation is 2. The van der Waals surface area contributed by atoms with Crippen molar-refractivity contribution in [3.05, 3.63) is 70.7 Å². The zero-order valence-electron chi connectivity index (χ0n) is 18.5. The molecule has 1 amide bonds. The zero-order valence-corrected chi connectivity index (χ0v) is 19.4. The molecule has 164 valence electrons. The van der Waals surface area contributed by atoms with Crippen molar-refractivity contribution in [3.8, 4) is 11.4 Å². The maximum atomic E-state index is 13.3. The van der Waals surface area contributed by atoms with E-state index in [0.29, 0.717) is 13.1 Å². The van der Waals surface area contributed by atoms with E-state index in [1.807, 2.05) is 40.8 Å². The Labute approximate surface area is 191 Å². The lowest BCUT2D eigenvalue weighted by Gasteiger charge is -2.36. The lowest BCUT2D eigenvalue weighted by molar-refractivity contribution is 0.0751. The molecule has 0 atom stereocenters. The highest BCUT2D eigenvalue weighted by Gasteiger charge is 2.26. The minimum absolute atomic E-state index is 0.0979. The predicted molar refractivity (Wildman–Crippen MR) is 130 cm³/mol. The van der Waals surface area contributed by atoms with Crippen molar-refractivity contribution >= 4 is 33.1 Å². The molecule has 6 nitrogen and oxygen atoms in total. The van der Waals surface area contributed by atoms with Gasteiger partial charge in [-0.05, 0) is 44.2 Å². The summed E-state index contributed by atoms with van der Waals surface area (Å²) in [7, 11) is 1.69. The Kier molecular flexibility index (Phi) is 5.35. The van der Waals surface area contributed by atoms with E-state index in [-0.39, 0.29) is 5.91 Å². The maximum Gasteiger partial charge on any atom is 0.264 e. The van der Waals surface area contributed by atoms with Crippen molar-refractivity contribution in [3.63, 3.8) is 0 Å². The van der Waals surface area contributed by atoms with Crippen LogP contribution in [-0.4, -0.2) is 53.9 Å². The zero-order chi connectivity index (χ0) is 22.2. The Hall–Kier alpha value is -3.32. The van der Waals surface area contributed by atoms with Gasteiger partial charge in [0.1, 0.15) is 10.6 Å². The molecule has 1 aliphatic rings. The number of piperazine rings is 1. The van der Waals surface area contributed by atoms with E-state index < -0.39 is 0 Å². The van der Waals surface area contributed by atoms with Crippen LogP contribution in [0.15, 0.2) is 54.6 Å². The summed E-state index contributed by atoms with van der Waals surface area (Å²) in [5.74, 6) is 0.966. The highest BCUT2D eigenvalue weighted by Crippen LogP contribution is 2.32. The number of rotatable bonds is 4. The molecule has 0 unspecified atom stereocenters. The molecule has 0 bridgehead atoms. The lowest BCUT2D eigenvalue weighted by Crippen LogP contribution is -2.48. The third-order valence-electron chi connectivity index (χ3n) is 6.03. The number of hydrogen-bond acceptors (Lipinski definition) is 5. The fourth-order valence-electron chi connectivity index (χ4n) is 4.21. The van der Waals surface area contributed by atoms with Crippen molar-refractivity contribution < 1.29 is 9.53 Å². The summed E-state index contributed by atoms with van der Waals surface area (Å²) >= 11 is 1.52. The number of anilines is 1. The third kappa shape index (κ3) is 3.62. The van der Waals surface area contributed by atoms with Crippen molar-refractivity contribution in [1.29, 1.82) is 0 Å². The quantitative estimate of drug-likeness (QED) is 0.457. The Morgan fingerprint density at radius 2 is 1.72 bits per heavy atom. The van der Waals surface area contributed by atoms with Crippen LogP contribution < -0.4 is 9.64 Å². The molecule has 4 aromatic rings. The topological polar surface area (TPSA) is 50.6 Å². The Morgan fingerprint density at radius 1 is 1.00 bits per heavy atom. The van der Waals surface area contributed by atoms with Crippen LogP contribution in [0.2, 0.25) is 0 Å². The van der Waals surface area contributed by atoms with Crippen molar-refractivity contribution in [1.82, 2.24) is 14.7 Å². The first kappa shape index (κ1) is 20.6. The molecule has 3 heterocycles. The summed E-state index contributed by atoms with van der Waals surface area (Å²) in [5.41, 5.74) is 4.25. The second-order valence-electron chi connectivity index (χ2n) is 8.11. The van der Waals surface area contributed by atoms with Gasteiger partial charge in [0, 0.05) is 31.6 Å². The average Bonchev–Trinajstić information content (AvgIpc) is 3.40. The van der Waals surface area contributed by atoms with Gasteiger partial charge in [-0.1, -0.05) is 29.8 Å². The molecular formula is C25H26N4O2S. The van der Waals surface area contributed by atoms with Crippen LogP contribution in [0, 0.1) is 13.8 Å². The van der Waals surface area contributed by atoms with Crippen molar-refractivity contribution in [2.75, 3.05) is 38.2 Å². The average molecular weight is 447 g/mol. The number of hydrogen-bond donors (Lipinski definition) is 0. The van der Waals surface area contributed by atoms with Crippen LogP contribution in [0.1, 0.15) is 20.9 Å². The number of fused-ring (bicyclic) bond motifs is 1. The first-order chi connectivity index (χ1) is 15.5. The standard InChI is InChI=1S/C25H26N4O2S/c1-17-8-10-19(11-9-17)29-25-20(18(2)26-29)16-23(32-25)24(30)28-14-12-27(13-15-28)21-6-4-5-7-22(21)31-3/h4-11,16H,12-15H2,1-3H3. The number of aromatic nitrogens is 2. The van der Waals surface area contributed by atoms with Gasteiger partial charge in [-0.3, -0.25) is 4.79 Å². The van der Waals surface area contributed by atoms with Gasteiger partial charge in [0.05, 0.1) is 29.1 Å². The molecule has 2 aromatic heterocycles. The number of thiophene rings is 1. The SMILES string of the molecule is COc1ccccc1N1CCN(C(=O)c2cc3c(C)nn(-c4ccc(C)cc4)c3s2)CC1. The number of nitrogens with zero attached hydrogens (tertiary/aromatic N) is 4. The van der Waals surface area contributed by atoms with E-state index in [0.717, 1.165) is 51.0 Å². The molecule has 1 fully saturated rings. The second kappa shape index (κ2) is 8.31. The Balaban J connectivity index is 1.36. The third-order valence-corrected chi connectivity index (χ3v) is 7.13. The number of para-hydroxylation sites is 2. The molecule has 1 saturated heterocycles. The molecule has 7 heteroatoms. The van der Waals surface area contributed by atoms with E-state index in [2.05, 4.69) is 42.2 Å². The lowest BCUT2D eigenvalue weighted by atomic mass is 10.2. The molecule has 0 radical (unpaired) electrons. The summed E-state index contributed by atoms with van der Waals surface area (Å²) in [6.07, 6.45) is 0. The summed E-state index contributed by atoms with van der Waals surface area (Å²) in [4.78, 5) is 19.3. The number of ether oxygens (including phenoxy) is 1. The monoisotopic (exact) mass is 446 g/mol. The maximum absolute atomic E-state index is 13.3. The van der Waals surface area contributed by atoms with Crippen LogP contribution in [-0.2, 0) is 0 Å². The van der Waals surface area contributed by atoms with Gasteiger partial charge in [-0.15, -0.1) is 11.3 Å². The molecule has 5 rings (SSSR count). The molecule has 1 aliphatic heterocycles. The van der Waals surface area contributed by atoms with Crippen LogP contribution in [0.3, 0.4) is 0 Å². The van der Waals surface area contributed by atoms with Gasteiger partial charge < -0.3 is 14.5 Å². The van der Waals surface area contributed by atoms with Gasteiger partial charge in [-0.25, -0.2) is 4.68 Å². The van der Waals surface area contributed by atoms with Crippen molar-refractivity contribution in [2.45, 2.75) is 13.8 Å². The van der Waals surface area contributed by atoms with Crippen LogP contribution in [0.25, 0.3) is 15.9 Å². The summed E-state index contributed by atoms with van der Waals surface area (Å²) in [6.45, 7) is 7.02. The molecule has 0 saturated carbocycles. The minimum Gasteiger partial charge on any atom is -0.495 e. The first-order valence-corrected chi connectivity index (χ1v) is 11.6. The normalized spacial score (nSPS) is 14.2. The van der Waals surface area contributed by atoms with Crippen LogP contribution >= 0.6 is 11.3 Å². The Morgan fingerprint density at radius 3 is 2.44 bits per heavy atom. The van der Waals surface area contributed by atoms with E-state index >= 15 is 0 Å². The van der Waals surface area contributed by atoms with Gasteiger partial charge in [-0.2, -0.15) is 5.10 Å².